The molecule has 1 atom stereocenters. The van der Waals surface area contributed by atoms with Crippen LogP contribution in [0.1, 0.15) is 23.6 Å². The highest BCUT2D eigenvalue weighted by Crippen LogP contribution is 2.32. The molecule has 100 valence electrons. The number of hydrogen-bond acceptors (Lipinski definition) is 2. The number of nitrogens with two attached hydrogens (primary N) is 1. The predicted molar refractivity (Wildman–Crippen MR) is 82.5 cm³/mol. The van der Waals surface area contributed by atoms with Gasteiger partial charge >= 0.3 is 0 Å². The minimum Gasteiger partial charge on any atom is -0.497 e. The SMILES string of the molecule is COc1ccc(C(C)(N)c2cccc(Br)c2)c(C)c1. The Kier molecular flexibility index (Phi) is 3.97. The Labute approximate surface area is 122 Å². The van der Waals surface area contributed by atoms with Crippen LogP contribution < -0.4 is 10.5 Å². The van der Waals surface area contributed by atoms with E-state index in [4.69, 9.17) is 10.5 Å². The minimum atomic E-state index is -0.528. The van der Waals surface area contributed by atoms with Crippen molar-refractivity contribution in [3.8, 4) is 5.75 Å². The summed E-state index contributed by atoms with van der Waals surface area (Å²) in [5, 5.41) is 0. The Bertz CT molecular complexity index is 593. The molecule has 2 aromatic carbocycles. The molecule has 0 aliphatic rings. The van der Waals surface area contributed by atoms with Gasteiger partial charge in [-0.05, 0) is 54.8 Å². The zero-order valence-electron chi connectivity index (χ0n) is 11.4. The molecule has 2 nitrogen and oxygen atoms in total. The van der Waals surface area contributed by atoms with Crippen LogP contribution in [0.5, 0.6) is 5.75 Å². The molecular weight excluding hydrogens is 302 g/mol. The number of methoxy groups -OCH3 is 1. The number of rotatable bonds is 3. The third-order valence-corrected chi connectivity index (χ3v) is 3.91. The van der Waals surface area contributed by atoms with Gasteiger partial charge in [-0.15, -0.1) is 0 Å². The Balaban J connectivity index is 2.50. The standard InChI is InChI=1S/C16H18BrNO/c1-11-9-14(19-3)7-8-15(11)16(2,18)12-5-4-6-13(17)10-12/h4-10H,18H2,1-3H3. The molecule has 0 spiro atoms. The first-order valence-corrected chi connectivity index (χ1v) is 6.94. The van der Waals surface area contributed by atoms with Crippen LogP contribution in [0.2, 0.25) is 0 Å². The van der Waals surface area contributed by atoms with Crippen molar-refractivity contribution in [2.24, 2.45) is 5.73 Å². The lowest BCUT2D eigenvalue weighted by Gasteiger charge is -2.28. The van der Waals surface area contributed by atoms with Gasteiger partial charge in [-0.1, -0.05) is 34.1 Å². The van der Waals surface area contributed by atoms with Crippen molar-refractivity contribution in [2.75, 3.05) is 7.11 Å². The van der Waals surface area contributed by atoms with E-state index in [1.165, 1.54) is 0 Å². The fraction of sp³-hybridized carbons (Fsp3) is 0.250. The number of halogens is 1. The van der Waals surface area contributed by atoms with Crippen molar-refractivity contribution < 1.29 is 4.74 Å². The summed E-state index contributed by atoms with van der Waals surface area (Å²) in [5.74, 6) is 0.853. The average molecular weight is 320 g/mol. The van der Waals surface area contributed by atoms with Gasteiger partial charge in [0.2, 0.25) is 0 Å². The van der Waals surface area contributed by atoms with Gasteiger partial charge in [0.25, 0.3) is 0 Å². The van der Waals surface area contributed by atoms with Gasteiger partial charge in [0, 0.05) is 4.47 Å². The van der Waals surface area contributed by atoms with Crippen molar-refractivity contribution in [1.82, 2.24) is 0 Å². The number of ether oxygens (including phenoxy) is 1. The molecule has 0 saturated carbocycles. The van der Waals surface area contributed by atoms with Crippen LogP contribution in [-0.2, 0) is 5.54 Å². The van der Waals surface area contributed by atoms with E-state index in [1.54, 1.807) is 7.11 Å². The van der Waals surface area contributed by atoms with E-state index in [1.807, 2.05) is 37.3 Å². The number of hydrogen-bond donors (Lipinski definition) is 1. The maximum atomic E-state index is 6.56. The van der Waals surface area contributed by atoms with Crippen molar-refractivity contribution in [3.63, 3.8) is 0 Å². The minimum absolute atomic E-state index is 0.528. The van der Waals surface area contributed by atoms with Crippen LogP contribution in [0.25, 0.3) is 0 Å². The maximum Gasteiger partial charge on any atom is 0.119 e. The highest BCUT2D eigenvalue weighted by atomic mass is 79.9. The summed E-state index contributed by atoms with van der Waals surface area (Å²) in [7, 11) is 1.67. The molecular formula is C16H18BrNO. The fourth-order valence-corrected chi connectivity index (χ4v) is 2.71. The van der Waals surface area contributed by atoms with Gasteiger partial charge in [0.15, 0.2) is 0 Å². The molecule has 0 aromatic heterocycles. The average Bonchev–Trinajstić information content (AvgIpc) is 2.38. The van der Waals surface area contributed by atoms with Crippen molar-refractivity contribution in [1.29, 1.82) is 0 Å². The van der Waals surface area contributed by atoms with E-state index in [0.717, 1.165) is 26.9 Å². The zero-order valence-corrected chi connectivity index (χ0v) is 13.0. The molecule has 0 saturated heterocycles. The zero-order chi connectivity index (χ0) is 14.0. The second-order valence-electron chi connectivity index (χ2n) is 4.89. The van der Waals surface area contributed by atoms with Gasteiger partial charge in [-0.2, -0.15) is 0 Å². The molecule has 0 amide bonds. The summed E-state index contributed by atoms with van der Waals surface area (Å²) in [5.41, 5.74) is 9.34. The lowest BCUT2D eigenvalue weighted by atomic mass is 9.83. The topological polar surface area (TPSA) is 35.2 Å². The van der Waals surface area contributed by atoms with E-state index >= 15 is 0 Å². The fourth-order valence-electron chi connectivity index (χ4n) is 2.31. The van der Waals surface area contributed by atoms with Crippen LogP contribution in [0.3, 0.4) is 0 Å². The Morgan fingerprint density at radius 2 is 1.89 bits per heavy atom. The first kappa shape index (κ1) is 14.1. The molecule has 2 aromatic rings. The van der Waals surface area contributed by atoms with Gasteiger partial charge < -0.3 is 10.5 Å². The molecule has 2 N–H and O–H groups in total. The van der Waals surface area contributed by atoms with Crippen LogP contribution in [0.4, 0.5) is 0 Å². The third-order valence-electron chi connectivity index (χ3n) is 3.42. The maximum absolute atomic E-state index is 6.56. The van der Waals surface area contributed by atoms with E-state index in [-0.39, 0.29) is 0 Å². The van der Waals surface area contributed by atoms with Crippen molar-refractivity contribution in [3.05, 3.63) is 63.6 Å². The second kappa shape index (κ2) is 5.35. The summed E-state index contributed by atoms with van der Waals surface area (Å²) in [6.07, 6.45) is 0. The highest BCUT2D eigenvalue weighted by Gasteiger charge is 2.25. The van der Waals surface area contributed by atoms with E-state index in [0.29, 0.717) is 0 Å². The second-order valence-corrected chi connectivity index (χ2v) is 5.81. The monoisotopic (exact) mass is 319 g/mol. The molecule has 0 bridgehead atoms. The molecule has 19 heavy (non-hydrogen) atoms. The molecule has 2 rings (SSSR count). The molecule has 0 aliphatic heterocycles. The van der Waals surface area contributed by atoms with E-state index in [9.17, 15) is 0 Å². The summed E-state index contributed by atoms with van der Waals surface area (Å²) >= 11 is 3.49. The number of aryl methyl sites for hydroxylation is 1. The van der Waals surface area contributed by atoms with Crippen molar-refractivity contribution in [2.45, 2.75) is 19.4 Å². The van der Waals surface area contributed by atoms with Crippen LogP contribution >= 0.6 is 15.9 Å². The molecule has 0 heterocycles. The molecule has 0 radical (unpaired) electrons. The molecule has 0 aliphatic carbocycles. The lowest BCUT2D eigenvalue weighted by Crippen LogP contribution is -2.35. The first-order valence-electron chi connectivity index (χ1n) is 6.15. The van der Waals surface area contributed by atoms with Gasteiger partial charge in [0.1, 0.15) is 5.75 Å². The Morgan fingerprint density at radius 1 is 1.16 bits per heavy atom. The van der Waals surface area contributed by atoms with E-state index in [2.05, 4.69) is 35.0 Å². The van der Waals surface area contributed by atoms with Crippen LogP contribution in [0.15, 0.2) is 46.9 Å². The summed E-state index contributed by atoms with van der Waals surface area (Å²) in [6.45, 7) is 4.09. The third kappa shape index (κ3) is 2.82. The molecule has 0 fully saturated rings. The lowest BCUT2D eigenvalue weighted by molar-refractivity contribution is 0.414. The van der Waals surface area contributed by atoms with Crippen molar-refractivity contribution >= 4 is 15.9 Å². The Hall–Kier alpha value is -1.32. The summed E-state index contributed by atoms with van der Waals surface area (Å²) < 4.78 is 6.27. The normalized spacial score (nSPS) is 13.9. The largest absolute Gasteiger partial charge is 0.497 e. The van der Waals surface area contributed by atoms with Crippen LogP contribution in [-0.4, -0.2) is 7.11 Å². The quantitative estimate of drug-likeness (QED) is 0.928. The van der Waals surface area contributed by atoms with Crippen LogP contribution in [0, 0.1) is 6.92 Å². The predicted octanol–water partition coefficient (Wildman–Crippen LogP) is 3.99. The summed E-state index contributed by atoms with van der Waals surface area (Å²) in [6, 6.07) is 14.1. The Morgan fingerprint density at radius 3 is 2.47 bits per heavy atom. The van der Waals surface area contributed by atoms with Gasteiger partial charge in [-0.25, -0.2) is 0 Å². The highest BCUT2D eigenvalue weighted by molar-refractivity contribution is 9.10. The number of benzene rings is 2. The summed E-state index contributed by atoms with van der Waals surface area (Å²) in [4.78, 5) is 0. The smallest absolute Gasteiger partial charge is 0.119 e. The molecule has 1 unspecified atom stereocenters. The van der Waals surface area contributed by atoms with Gasteiger partial charge in [0.05, 0.1) is 12.6 Å². The van der Waals surface area contributed by atoms with E-state index < -0.39 is 5.54 Å². The van der Waals surface area contributed by atoms with Gasteiger partial charge in [-0.3, -0.25) is 0 Å². The first-order chi connectivity index (χ1) is 8.95. The molecule has 3 heteroatoms.